The Labute approximate surface area is 104 Å². The third kappa shape index (κ3) is 1.71. The number of nitrogens with zero attached hydrogens (tertiary/aromatic N) is 2. The fourth-order valence-electron chi connectivity index (χ4n) is 3.39. The number of aromatic nitrogens is 2. The molecule has 96 valence electrons. The predicted octanol–water partition coefficient (Wildman–Crippen LogP) is 2.78. The van der Waals surface area contributed by atoms with Gasteiger partial charge in [0.1, 0.15) is 0 Å². The van der Waals surface area contributed by atoms with Crippen LogP contribution in [0.2, 0.25) is 0 Å². The maximum Gasteiger partial charge on any atom is 0.0631 e. The largest absolute Gasteiger partial charge is 0.330 e. The van der Waals surface area contributed by atoms with E-state index < -0.39 is 0 Å². The van der Waals surface area contributed by atoms with E-state index >= 15 is 0 Å². The summed E-state index contributed by atoms with van der Waals surface area (Å²) in [5, 5.41) is 4.68. The Morgan fingerprint density at radius 1 is 1.35 bits per heavy atom. The molecule has 2 atom stereocenters. The fraction of sp³-hybridized carbons (Fsp3) is 0.786. The highest BCUT2D eigenvalue weighted by Gasteiger charge is 2.58. The monoisotopic (exact) mass is 235 g/mol. The average molecular weight is 235 g/mol. The zero-order valence-electron chi connectivity index (χ0n) is 11.9. The maximum atomic E-state index is 5.88. The van der Waals surface area contributed by atoms with Gasteiger partial charge in [-0.2, -0.15) is 5.10 Å². The van der Waals surface area contributed by atoms with Gasteiger partial charge in [0.2, 0.25) is 0 Å². The van der Waals surface area contributed by atoms with E-state index in [9.17, 15) is 0 Å². The third-order valence-corrected chi connectivity index (χ3v) is 4.49. The zero-order valence-corrected chi connectivity index (χ0v) is 11.9. The molecule has 1 aliphatic carbocycles. The van der Waals surface area contributed by atoms with Crippen molar-refractivity contribution >= 4 is 0 Å². The standard InChI is InChI=1S/C14H25N3/c1-8(2)17-10(4)12(9(3)16-17)13-11(7-15)14(13,5)6/h8,11,13H,7,15H2,1-6H3/t11-,13+/m1/s1. The summed E-state index contributed by atoms with van der Waals surface area (Å²) in [6.45, 7) is 14.1. The summed E-state index contributed by atoms with van der Waals surface area (Å²) in [5.41, 5.74) is 10.2. The van der Waals surface area contributed by atoms with Crippen LogP contribution in [0.25, 0.3) is 0 Å². The number of aryl methyl sites for hydroxylation is 1. The lowest BCUT2D eigenvalue weighted by Gasteiger charge is -2.09. The highest BCUT2D eigenvalue weighted by atomic mass is 15.3. The molecule has 2 N–H and O–H groups in total. The summed E-state index contributed by atoms with van der Waals surface area (Å²) in [4.78, 5) is 0. The van der Waals surface area contributed by atoms with Crippen molar-refractivity contribution < 1.29 is 0 Å². The molecule has 17 heavy (non-hydrogen) atoms. The molecule has 0 spiro atoms. The van der Waals surface area contributed by atoms with Crippen molar-refractivity contribution in [1.82, 2.24) is 9.78 Å². The molecule has 1 fully saturated rings. The molecule has 0 bridgehead atoms. The average Bonchev–Trinajstić information content (AvgIpc) is 2.62. The molecule has 0 aromatic carbocycles. The van der Waals surface area contributed by atoms with Crippen molar-refractivity contribution in [2.45, 2.75) is 53.5 Å². The lowest BCUT2D eigenvalue weighted by Crippen LogP contribution is -2.06. The SMILES string of the molecule is Cc1nn(C(C)C)c(C)c1[C@@H]1[C@@H](CN)C1(C)C. The Hall–Kier alpha value is -0.830. The van der Waals surface area contributed by atoms with Gasteiger partial charge in [-0.15, -0.1) is 0 Å². The van der Waals surface area contributed by atoms with Crippen LogP contribution in [0.15, 0.2) is 0 Å². The molecule has 3 nitrogen and oxygen atoms in total. The summed E-state index contributed by atoms with van der Waals surface area (Å²) in [6.07, 6.45) is 0. The van der Waals surface area contributed by atoms with Crippen molar-refractivity contribution in [1.29, 1.82) is 0 Å². The van der Waals surface area contributed by atoms with E-state index in [1.54, 1.807) is 0 Å². The van der Waals surface area contributed by atoms with Crippen LogP contribution in [0, 0.1) is 25.2 Å². The van der Waals surface area contributed by atoms with Crippen molar-refractivity contribution in [3.05, 3.63) is 17.0 Å². The van der Waals surface area contributed by atoms with Crippen molar-refractivity contribution in [2.75, 3.05) is 6.54 Å². The first-order valence-corrected chi connectivity index (χ1v) is 6.58. The highest BCUT2D eigenvalue weighted by Crippen LogP contribution is 2.64. The minimum atomic E-state index is 0.342. The van der Waals surface area contributed by atoms with E-state index in [-0.39, 0.29) is 0 Å². The summed E-state index contributed by atoms with van der Waals surface area (Å²) in [5.74, 6) is 1.21. The number of hydrogen-bond donors (Lipinski definition) is 1. The molecule has 0 aliphatic heterocycles. The highest BCUT2D eigenvalue weighted by molar-refractivity contribution is 5.38. The fourth-order valence-corrected chi connectivity index (χ4v) is 3.39. The van der Waals surface area contributed by atoms with Crippen molar-refractivity contribution in [3.63, 3.8) is 0 Å². The van der Waals surface area contributed by atoms with E-state index in [4.69, 9.17) is 5.73 Å². The summed E-state index contributed by atoms with van der Waals surface area (Å²) in [7, 11) is 0. The normalized spacial score (nSPS) is 26.6. The van der Waals surface area contributed by atoms with Crippen LogP contribution in [0.4, 0.5) is 0 Å². The Morgan fingerprint density at radius 3 is 2.29 bits per heavy atom. The van der Waals surface area contributed by atoms with E-state index in [1.165, 1.54) is 17.0 Å². The molecular formula is C14H25N3. The first kappa shape index (κ1) is 12.6. The van der Waals surface area contributed by atoms with Crippen LogP contribution in [-0.2, 0) is 0 Å². The van der Waals surface area contributed by atoms with Gasteiger partial charge in [-0.1, -0.05) is 13.8 Å². The molecule has 2 rings (SSSR count). The molecule has 0 amide bonds. The predicted molar refractivity (Wildman–Crippen MR) is 71.2 cm³/mol. The summed E-state index contributed by atoms with van der Waals surface area (Å²) in [6, 6.07) is 0.431. The Balaban J connectivity index is 2.42. The number of hydrogen-bond acceptors (Lipinski definition) is 2. The minimum absolute atomic E-state index is 0.342. The van der Waals surface area contributed by atoms with Gasteiger partial charge < -0.3 is 5.73 Å². The molecule has 1 heterocycles. The van der Waals surface area contributed by atoms with Gasteiger partial charge in [-0.3, -0.25) is 4.68 Å². The second-order valence-electron chi connectivity index (χ2n) is 6.26. The van der Waals surface area contributed by atoms with Crippen LogP contribution in [0.5, 0.6) is 0 Å². The lowest BCUT2D eigenvalue weighted by molar-refractivity contribution is 0.515. The van der Waals surface area contributed by atoms with Crippen LogP contribution in [0.3, 0.4) is 0 Å². The summed E-state index contributed by atoms with van der Waals surface area (Å²) >= 11 is 0. The molecule has 1 aliphatic rings. The Kier molecular flexibility index (Phi) is 2.85. The van der Waals surface area contributed by atoms with Crippen molar-refractivity contribution in [3.8, 4) is 0 Å². The molecule has 0 radical (unpaired) electrons. The zero-order chi connectivity index (χ0) is 13.0. The van der Waals surface area contributed by atoms with Gasteiger partial charge in [0, 0.05) is 11.7 Å². The minimum Gasteiger partial charge on any atom is -0.330 e. The van der Waals surface area contributed by atoms with Gasteiger partial charge in [0.15, 0.2) is 0 Å². The molecule has 3 heteroatoms. The van der Waals surface area contributed by atoms with Crippen LogP contribution in [0.1, 0.15) is 56.6 Å². The topological polar surface area (TPSA) is 43.8 Å². The van der Waals surface area contributed by atoms with Crippen LogP contribution in [-0.4, -0.2) is 16.3 Å². The Morgan fingerprint density at radius 2 is 1.94 bits per heavy atom. The lowest BCUT2D eigenvalue weighted by atomic mass is 10.0. The smallest absolute Gasteiger partial charge is 0.0631 e. The quantitative estimate of drug-likeness (QED) is 0.875. The molecule has 1 saturated carbocycles. The number of rotatable bonds is 3. The third-order valence-electron chi connectivity index (χ3n) is 4.49. The molecule has 0 unspecified atom stereocenters. The maximum absolute atomic E-state index is 5.88. The molecule has 1 aromatic rings. The number of nitrogens with two attached hydrogens (primary N) is 1. The van der Waals surface area contributed by atoms with Gasteiger partial charge in [0.25, 0.3) is 0 Å². The second-order valence-corrected chi connectivity index (χ2v) is 6.26. The van der Waals surface area contributed by atoms with Crippen LogP contribution >= 0.6 is 0 Å². The molecule has 1 aromatic heterocycles. The van der Waals surface area contributed by atoms with Gasteiger partial charge in [-0.05, 0) is 57.1 Å². The Bertz CT molecular complexity index is 429. The van der Waals surface area contributed by atoms with Gasteiger partial charge in [-0.25, -0.2) is 0 Å². The van der Waals surface area contributed by atoms with E-state index in [1.807, 2.05) is 0 Å². The van der Waals surface area contributed by atoms with Gasteiger partial charge >= 0.3 is 0 Å². The first-order valence-electron chi connectivity index (χ1n) is 6.58. The summed E-state index contributed by atoms with van der Waals surface area (Å²) < 4.78 is 2.15. The van der Waals surface area contributed by atoms with E-state index in [0.29, 0.717) is 23.3 Å². The molecule has 0 saturated heterocycles. The van der Waals surface area contributed by atoms with E-state index in [0.717, 1.165) is 6.54 Å². The first-order chi connectivity index (χ1) is 7.82. The van der Waals surface area contributed by atoms with Gasteiger partial charge in [0.05, 0.1) is 5.69 Å². The van der Waals surface area contributed by atoms with E-state index in [2.05, 4.69) is 51.3 Å². The second kappa shape index (κ2) is 3.84. The van der Waals surface area contributed by atoms with Crippen molar-refractivity contribution in [2.24, 2.45) is 17.1 Å². The van der Waals surface area contributed by atoms with Crippen LogP contribution < -0.4 is 5.73 Å². The molecular weight excluding hydrogens is 210 g/mol.